The highest BCUT2D eigenvalue weighted by molar-refractivity contribution is 8.00. The number of furan rings is 1. The third-order valence-electron chi connectivity index (χ3n) is 4.82. The number of nitrogens with zero attached hydrogens (tertiary/aromatic N) is 3. The Bertz CT molecular complexity index is 1180. The second kappa shape index (κ2) is 9.41. The van der Waals surface area contributed by atoms with Gasteiger partial charge >= 0.3 is 0 Å². The number of carbonyl (C=O) groups is 1. The van der Waals surface area contributed by atoms with Gasteiger partial charge in [0.25, 0.3) is 0 Å². The van der Waals surface area contributed by atoms with Crippen molar-refractivity contribution in [2.24, 2.45) is 0 Å². The van der Waals surface area contributed by atoms with Gasteiger partial charge in [0.2, 0.25) is 11.7 Å². The SMILES string of the molecule is Cc1c(Cl)cccc1NC(=O)C(C)Sc1nnc(-c2ccco2)n1Cc1ccccc1. The van der Waals surface area contributed by atoms with E-state index >= 15 is 0 Å². The van der Waals surface area contributed by atoms with Gasteiger partial charge in [-0.05, 0) is 49.2 Å². The number of carbonyl (C=O) groups excluding carboxylic acids is 1. The molecular weight excluding hydrogens is 432 g/mol. The van der Waals surface area contributed by atoms with Crippen LogP contribution in [0.1, 0.15) is 18.1 Å². The fraction of sp³-hybridized carbons (Fsp3) is 0.174. The van der Waals surface area contributed by atoms with Crippen molar-refractivity contribution in [3.8, 4) is 11.6 Å². The van der Waals surface area contributed by atoms with Crippen molar-refractivity contribution in [2.45, 2.75) is 30.8 Å². The highest BCUT2D eigenvalue weighted by atomic mass is 35.5. The first kappa shape index (κ1) is 21.2. The maximum Gasteiger partial charge on any atom is 0.237 e. The molecule has 0 bridgehead atoms. The fourth-order valence-corrected chi connectivity index (χ4v) is 4.08. The zero-order valence-corrected chi connectivity index (χ0v) is 18.7. The molecule has 2 aromatic carbocycles. The van der Waals surface area contributed by atoms with Crippen LogP contribution in [0, 0.1) is 6.92 Å². The summed E-state index contributed by atoms with van der Waals surface area (Å²) < 4.78 is 7.51. The van der Waals surface area contributed by atoms with E-state index in [0.29, 0.717) is 34.0 Å². The van der Waals surface area contributed by atoms with E-state index in [2.05, 4.69) is 15.5 Å². The largest absolute Gasteiger partial charge is 0.461 e. The van der Waals surface area contributed by atoms with Crippen LogP contribution < -0.4 is 5.32 Å². The highest BCUT2D eigenvalue weighted by Gasteiger charge is 2.22. The molecule has 0 radical (unpaired) electrons. The maximum absolute atomic E-state index is 12.8. The van der Waals surface area contributed by atoms with Crippen molar-refractivity contribution in [3.05, 3.63) is 83.1 Å². The first-order valence-corrected chi connectivity index (χ1v) is 11.0. The van der Waals surface area contributed by atoms with E-state index in [1.165, 1.54) is 11.8 Å². The van der Waals surface area contributed by atoms with Gasteiger partial charge < -0.3 is 9.73 Å². The lowest BCUT2D eigenvalue weighted by Crippen LogP contribution is -2.23. The molecule has 4 aromatic rings. The van der Waals surface area contributed by atoms with E-state index in [1.54, 1.807) is 12.3 Å². The van der Waals surface area contributed by atoms with Crippen LogP contribution in [0.5, 0.6) is 0 Å². The third kappa shape index (κ3) is 4.84. The molecule has 0 aliphatic rings. The summed E-state index contributed by atoms with van der Waals surface area (Å²) in [6.45, 7) is 4.28. The molecule has 1 amide bonds. The average molecular weight is 453 g/mol. The van der Waals surface area contributed by atoms with Crippen molar-refractivity contribution >= 4 is 35.0 Å². The zero-order valence-electron chi connectivity index (χ0n) is 17.1. The van der Waals surface area contributed by atoms with Crippen LogP contribution in [0.3, 0.4) is 0 Å². The second-order valence-electron chi connectivity index (χ2n) is 7.02. The molecule has 0 spiro atoms. The summed E-state index contributed by atoms with van der Waals surface area (Å²) in [6, 6.07) is 19.1. The third-order valence-corrected chi connectivity index (χ3v) is 6.31. The minimum atomic E-state index is -0.401. The average Bonchev–Trinajstić information content (AvgIpc) is 3.43. The monoisotopic (exact) mass is 452 g/mol. The van der Waals surface area contributed by atoms with Gasteiger partial charge in [-0.25, -0.2) is 0 Å². The highest BCUT2D eigenvalue weighted by Crippen LogP contribution is 2.29. The van der Waals surface area contributed by atoms with Crippen LogP contribution in [-0.2, 0) is 11.3 Å². The minimum Gasteiger partial charge on any atom is -0.461 e. The Labute approximate surface area is 189 Å². The van der Waals surface area contributed by atoms with Crippen LogP contribution in [0.25, 0.3) is 11.6 Å². The quantitative estimate of drug-likeness (QED) is 0.366. The van der Waals surface area contributed by atoms with E-state index in [0.717, 1.165) is 11.1 Å². The zero-order chi connectivity index (χ0) is 21.8. The van der Waals surface area contributed by atoms with Gasteiger partial charge in [-0.3, -0.25) is 9.36 Å². The molecule has 8 heteroatoms. The molecule has 0 saturated carbocycles. The second-order valence-corrected chi connectivity index (χ2v) is 8.73. The molecule has 2 aromatic heterocycles. The van der Waals surface area contributed by atoms with Crippen LogP contribution in [0.4, 0.5) is 5.69 Å². The molecule has 0 fully saturated rings. The summed E-state index contributed by atoms with van der Waals surface area (Å²) in [6.07, 6.45) is 1.60. The van der Waals surface area contributed by atoms with E-state index in [-0.39, 0.29) is 5.91 Å². The summed E-state index contributed by atoms with van der Waals surface area (Å²) in [4.78, 5) is 12.8. The van der Waals surface area contributed by atoms with Gasteiger partial charge in [0.1, 0.15) is 0 Å². The molecule has 0 aliphatic heterocycles. The molecule has 0 saturated heterocycles. The molecule has 4 rings (SSSR count). The summed E-state index contributed by atoms with van der Waals surface area (Å²) in [5, 5.41) is 12.5. The molecule has 6 nitrogen and oxygen atoms in total. The van der Waals surface area contributed by atoms with Crippen molar-refractivity contribution in [1.29, 1.82) is 0 Å². The lowest BCUT2D eigenvalue weighted by molar-refractivity contribution is -0.115. The lowest BCUT2D eigenvalue weighted by Gasteiger charge is -2.15. The summed E-state index contributed by atoms with van der Waals surface area (Å²) in [7, 11) is 0. The first-order valence-electron chi connectivity index (χ1n) is 9.76. The van der Waals surface area contributed by atoms with E-state index < -0.39 is 5.25 Å². The number of benzene rings is 2. The number of thioether (sulfide) groups is 1. The number of aromatic nitrogens is 3. The smallest absolute Gasteiger partial charge is 0.237 e. The summed E-state index contributed by atoms with van der Waals surface area (Å²) in [5.41, 5.74) is 2.64. The number of hydrogen-bond acceptors (Lipinski definition) is 5. The Morgan fingerprint density at radius 2 is 1.94 bits per heavy atom. The number of halogens is 1. The van der Waals surface area contributed by atoms with Crippen molar-refractivity contribution in [1.82, 2.24) is 14.8 Å². The van der Waals surface area contributed by atoms with Gasteiger partial charge in [-0.15, -0.1) is 10.2 Å². The van der Waals surface area contributed by atoms with Crippen molar-refractivity contribution < 1.29 is 9.21 Å². The molecule has 0 aliphatic carbocycles. The van der Waals surface area contributed by atoms with Crippen LogP contribution in [0.15, 0.2) is 76.5 Å². The number of nitrogens with one attached hydrogen (secondary N) is 1. The Balaban J connectivity index is 1.57. The molecule has 1 atom stereocenters. The molecule has 31 heavy (non-hydrogen) atoms. The standard InChI is InChI=1S/C23H21ClN4O2S/c1-15-18(24)10-6-11-19(15)25-22(29)16(2)31-23-27-26-21(20-12-7-13-30-20)28(23)14-17-8-4-3-5-9-17/h3-13,16H,14H2,1-2H3,(H,25,29). The van der Waals surface area contributed by atoms with Gasteiger partial charge in [-0.1, -0.05) is 59.8 Å². The number of anilines is 1. The Kier molecular flexibility index (Phi) is 6.44. The Hall–Kier alpha value is -3.03. The summed E-state index contributed by atoms with van der Waals surface area (Å²) >= 11 is 7.52. The number of amides is 1. The first-order chi connectivity index (χ1) is 15.0. The molecule has 1 N–H and O–H groups in total. The molecule has 2 heterocycles. The van der Waals surface area contributed by atoms with Crippen LogP contribution >= 0.6 is 23.4 Å². The predicted molar refractivity (Wildman–Crippen MR) is 123 cm³/mol. The Morgan fingerprint density at radius 1 is 1.13 bits per heavy atom. The molecule has 158 valence electrons. The van der Waals surface area contributed by atoms with E-state index in [9.17, 15) is 4.79 Å². The van der Waals surface area contributed by atoms with Crippen LogP contribution in [-0.4, -0.2) is 25.9 Å². The van der Waals surface area contributed by atoms with E-state index in [1.807, 2.05) is 73.0 Å². The lowest BCUT2D eigenvalue weighted by atomic mass is 10.2. The van der Waals surface area contributed by atoms with Crippen molar-refractivity contribution in [3.63, 3.8) is 0 Å². The van der Waals surface area contributed by atoms with Gasteiger partial charge in [0, 0.05) is 10.7 Å². The van der Waals surface area contributed by atoms with Crippen molar-refractivity contribution in [2.75, 3.05) is 5.32 Å². The van der Waals surface area contributed by atoms with Gasteiger partial charge in [-0.2, -0.15) is 0 Å². The Morgan fingerprint density at radius 3 is 2.68 bits per heavy atom. The predicted octanol–water partition coefficient (Wildman–Crippen LogP) is 5.67. The topological polar surface area (TPSA) is 73.0 Å². The number of hydrogen-bond donors (Lipinski definition) is 1. The van der Waals surface area contributed by atoms with E-state index in [4.69, 9.17) is 16.0 Å². The molecular formula is C23H21ClN4O2S. The normalized spacial score (nSPS) is 12.0. The van der Waals surface area contributed by atoms with Crippen LogP contribution in [0.2, 0.25) is 5.02 Å². The molecule has 1 unspecified atom stereocenters. The maximum atomic E-state index is 12.8. The van der Waals surface area contributed by atoms with Gasteiger partial charge in [0.15, 0.2) is 10.9 Å². The van der Waals surface area contributed by atoms with Gasteiger partial charge in [0.05, 0.1) is 18.1 Å². The number of rotatable bonds is 7. The summed E-state index contributed by atoms with van der Waals surface area (Å²) in [5.74, 6) is 1.11. The minimum absolute atomic E-state index is 0.135. The fourth-order valence-electron chi connectivity index (χ4n) is 3.06.